The van der Waals surface area contributed by atoms with Crippen LogP contribution in [0.25, 0.3) is 10.9 Å². The molecule has 4 aromatic rings. The summed E-state index contributed by atoms with van der Waals surface area (Å²) in [5.41, 5.74) is 7.47. The van der Waals surface area contributed by atoms with Crippen molar-refractivity contribution >= 4 is 61.7 Å². The van der Waals surface area contributed by atoms with Gasteiger partial charge in [-0.1, -0.05) is 6.07 Å². The number of primary amides is 1. The van der Waals surface area contributed by atoms with Crippen LogP contribution < -0.4 is 16.4 Å². The number of nitrogens with zero attached hydrogens (tertiary/aromatic N) is 6. The minimum atomic E-state index is -0.724. The topological polar surface area (TPSA) is 161 Å². The van der Waals surface area contributed by atoms with Crippen molar-refractivity contribution in [1.82, 2.24) is 29.6 Å². The number of carbonyl (C=O) groups is 3. The Bertz CT molecular complexity index is 1460. The van der Waals surface area contributed by atoms with Crippen LogP contribution in [0.5, 0.6) is 0 Å². The molecule has 12 nitrogen and oxygen atoms in total. The van der Waals surface area contributed by atoms with Crippen molar-refractivity contribution in [3.8, 4) is 0 Å². The van der Waals surface area contributed by atoms with E-state index in [1.807, 2.05) is 13.8 Å². The summed E-state index contributed by atoms with van der Waals surface area (Å²) < 4.78 is 1.99. The Hall–Kier alpha value is -4.39. The van der Waals surface area contributed by atoms with Crippen molar-refractivity contribution in [3.05, 3.63) is 65.4 Å². The number of hydrogen-bond acceptors (Lipinski definition) is 8. The van der Waals surface area contributed by atoms with Crippen molar-refractivity contribution in [2.45, 2.75) is 26.4 Å². The molecule has 0 aliphatic carbocycles. The Kier molecular flexibility index (Phi) is 7.72. The third-order valence-electron chi connectivity index (χ3n) is 5.36. The lowest BCUT2D eigenvalue weighted by atomic mass is 10.1. The average Bonchev–Trinajstić information content (AvgIpc) is 3.20. The second kappa shape index (κ2) is 11.1. The van der Waals surface area contributed by atoms with Crippen LogP contribution in [-0.2, 0) is 16.1 Å². The van der Waals surface area contributed by atoms with Crippen LogP contribution in [-0.4, -0.2) is 59.9 Å². The standard InChI is InChI=1S/C24H24BrN9O3/c1-14(2)33(11-21(35)31-20-5-3-4-19(25)30-20)22(36)12-34-18-7-6-15(29-16-9-27-13-28-10-16)8-17(18)23(32-34)24(26)37/h3-10,13-14,29H,11-12H2,1-2H3,(H2,26,37)(H,30,31,35). The molecule has 0 aliphatic heterocycles. The number of rotatable bonds is 9. The first-order valence-electron chi connectivity index (χ1n) is 11.3. The van der Waals surface area contributed by atoms with E-state index in [0.29, 0.717) is 32.7 Å². The van der Waals surface area contributed by atoms with Crippen LogP contribution in [0.4, 0.5) is 17.2 Å². The molecule has 13 heteroatoms. The smallest absolute Gasteiger partial charge is 0.269 e. The van der Waals surface area contributed by atoms with E-state index in [-0.39, 0.29) is 30.7 Å². The number of amides is 3. The Balaban J connectivity index is 1.54. The summed E-state index contributed by atoms with van der Waals surface area (Å²) in [4.78, 5) is 51.5. The molecule has 3 heterocycles. The van der Waals surface area contributed by atoms with Gasteiger partial charge < -0.3 is 21.3 Å². The first-order chi connectivity index (χ1) is 17.7. The number of aromatic nitrogens is 5. The van der Waals surface area contributed by atoms with Crippen LogP contribution >= 0.6 is 15.9 Å². The lowest BCUT2D eigenvalue weighted by molar-refractivity contribution is -0.137. The number of hydrogen-bond donors (Lipinski definition) is 3. The zero-order valence-corrected chi connectivity index (χ0v) is 21.6. The number of benzene rings is 1. The van der Waals surface area contributed by atoms with Crippen LogP contribution in [0.15, 0.2) is 59.7 Å². The fourth-order valence-electron chi connectivity index (χ4n) is 3.68. The van der Waals surface area contributed by atoms with Gasteiger partial charge >= 0.3 is 0 Å². The summed E-state index contributed by atoms with van der Waals surface area (Å²) in [6, 6.07) is 10.1. The van der Waals surface area contributed by atoms with E-state index in [2.05, 4.69) is 46.6 Å². The number of fused-ring (bicyclic) bond motifs is 1. The van der Waals surface area contributed by atoms with E-state index in [4.69, 9.17) is 5.73 Å². The average molecular weight is 566 g/mol. The summed E-state index contributed by atoms with van der Waals surface area (Å²) in [6.45, 7) is 3.25. The molecule has 0 saturated heterocycles. The van der Waals surface area contributed by atoms with Crippen molar-refractivity contribution in [1.29, 1.82) is 0 Å². The molecule has 0 aliphatic rings. The minimum absolute atomic E-state index is 0.0327. The summed E-state index contributed by atoms with van der Waals surface area (Å²) in [6.07, 6.45) is 4.64. The number of halogens is 1. The molecule has 3 aromatic heterocycles. The SMILES string of the molecule is CC(C)N(CC(=O)Nc1cccc(Br)n1)C(=O)Cn1nc(C(N)=O)c2cc(Nc3cncnc3)ccc21. The van der Waals surface area contributed by atoms with Gasteiger partial charge in [-0.05, 0) is 60.1 Å². The normalized spacial score (nSPS) is 10.9. The fraction of sp³-hybridized carbons (Fsp3) is 0.208. The second-order valence-corrected chi connectivity index (χ2v) is 9.18. The molecular weight excluding hydrogens is 542 g/mol. The molecule has 0 atom stereocenters. The highest BCUT2D eigenvalue weighted by atomic mass is 79.9. The zero-order valence-electron chi connectivity index (χ0n) is 20.1. The van der Waals surface area contributed by atoms with E-state index in [1.165, 1.54) is 15.9 Å². The van der Waals surface area contributed by atoms with Crippen LogP contribution in [0, 0.1) is 0 Å². The Labute approximate surface area is 220 Å². The zero-order chi connectivity index (χ0) is 26.5. The van der Waals surface area contributed by atoms with Gasteiger partial charge in [0.1, 0.15) is 29.8 Å². The highest BCUT2D eigenvalue weighted by Crippen LogP contribution is 2.25. The molecule has 4 N–H and O–H groups in total. The molecule has 0 unspecified atom stereocenters. The number of nitrogens with one attached hydrogen (secondary N) is 2. The largest absolute Gasteiger partial charge is 0.364 e. The van der Waals surface area contributed by atoms with E-state index < -0.39 is 11.8 Å². The van der Waals surface area contributed by atoms with Gasteiger partial charge in [0.15, 0.2) is 5.69 Å². The summed E-state index contributed by atoms with van der Waals surface area (Å²) in [5.74, 6) is -1.10. The van der Waals surface area contributed by atoms with Gasteiger partial charge in [-0.3, -0.25) is 19.1 Å². The highest BCUT2D eigenvalue weighted by molar-refractivity contribution is 9.10. The van der Waals surface area contributed by atoms with Gasteiger partial charge in [-0.25, -0.2) is 15.0 Å². The van der Waals surface area contributed by atoms with Crippen LogP contribution in [0.2, 0.25) is 0 Å². The molecule has 0 radical (unpaired) electrons. The molecule has 190 valence electrons. The summed E-state index contributed by atoms with van der Waals surface area (Å²) in [7, 11) is 0. The van der Waals surface area contributed by atoms with E-state index in [0.717, 1.165) is 0 Å². The van der Waals surface area contributed by atoms with Crippen molar-refractivity contribution in [2.75, 3.05) is 17.2 Å². The minimum Gasteiger partial charge on any atom is -0.364 e. The first kappa shape index (κ1) is 25.7. The van der Waals surface area contributed by atoms with E-state index >= 15 is 0 Å². The predicted molar refractivity (Wildman–Crippen MR) is 141 cm³/mol. The van der Waals surface area contributed by atoms with E-state index in [1.54, 1.807) is 48.8 Å². The Morgan fingerprint density at radius 2 is 1.86 bits per heavy atom. The maximum Gasteiger partial charge on any atom is 0.269 e. The lowest BCUT2D eigenvalue weighted by Crippen LogP contribution is -2.44. The lowest BCUT2D eigenvalue weighted by Gasteiger charge is -2.26. The monoisotopic (exact) mass is 565 g/mol. The molecule has 0 fully saturated rings. The van der Waals surface area contributed by atoms with Crippen LogP contribution in [0.1, 0.15) is 24.3 Å². The van der Waals surface area contributed by atoms with Gasteiger partial charge in [-0.2, -0.15) is 5.10 Å². The third-order valence-corrected chi connectivity index (χ3v) is 5.80. The molecule has 0 saturated carbocycles. The number of anilines is 3. The second-order valence-electron chi connectivity index (χ2n) is 8.36. The quantitative estimate of drug-likeness (QED) is 0.261. The maximum atomic E-state index is 13.2. The van der Waals surface area contributed by atoms with Crippen molar-refractivity contribution < 1.29 is 14.4 Å². The number of carbonyl (C=O) groups excluding carboxylic acids is 3. The van der Waals surface area contributed by atoms with Gasteiger partial charge in [0, 0.05) is 17.1 Å². The third kappa shape index (κ3) is 6.25. The Morgan fingerprint density at radius 3 is 2.54 bits per heavy atom. The molecule has 1 aromatic carbocycles. The van der Waals surface area contributed by atoms with Crippen molar-refractivity contribution in [2.24, 2.45) is 5.73 Å². The van der Waals surface area contributed by atoms with Crippen LogP contribution in [0.3, 0.4) is 0 Å². The Morgan fingerprint density at radius 1 is 1.11 bits per heavy atom. The maximum absolute atomic E-state index is 13.2. The van der Waals surface area contributed by atoms with E-state index in [9.17, 15) is 14.4 Å². The van der Waals surface area contributed by atoms with Gasteiger partial charge in [0.05, 0.1) is 23.6 Å². The van der Waals surface area contributed by atoms with Crippen molar-refractivity contribution in [3.63, 3.8) is 0 Å². The molecule has 3 amide bonds. The molecule has 4 rings (SSSR count). The molecular formula is C24H24BrN9O3. The molecule has 37 heavy (non-hydrogen) atoms. The molecule has 0 bridgehead atoms. The van der Waals surface area contributed by atoms with Gasteiger partial charge in [0.2, 0.25) is 11.8 Å². The number of pyridine rings is 1. The summed E-state index contributed by atoms with van der Waals surface area (Å²) in [5, 5.41) is 10.6. The van der Waals surface area contributed by atoms with Gasteiger partial charge in [0.25, 0.3) is 5.91 Å². The summed E-state index contributed by atoms with van der Waals surface area (Å²) >= 11 is 3.26. The molecule has 0 spiro atoms. The van der Waals surface area contributed by atoms with Gasteiger partial charge in [-0.15, -0.1) is 0 Å². The first-order valence-corrected chi connectivity index (χ1v) is 12.0. The fourth-order valence-corrected chi connectivity index (χ4v) is 4.03. The highest BCUT2D eigenvalue weighted by Gasteiger charge is 2.23. The predicted octanol–water partition coefficient (Wildman–Crippen LogP) is 2.70. The number of nitrogens with two attached hydrogens (primary N) is 1.